The van der Waals surface area contributed by atoms with Gasteiger partial charge in [0.1, 0.15) is 5.84 Å². The lowest BCUT2D eigenvalue weighted by Gasteiger charge is -2.21. The largest absolute Gasteiger partial charge is 0.416 e. The molecule has 0 bridgehead atoms. The zero-order chi connectivity index (χ0) is 16.4. The van der Waals surface area contributed by atoms with Crippen molar-refractivity contribution < 1.29 is 18.0 Å². The summed E-state index contributed by atoms with van der Waals surface area (Å²) in [4.78, 5) is 11.7. The number of carbonyl (C=O) groups is 1. The van der Waals surface area contributed by atoms with E-state index in [0.717, 1.165) is 18.2 Å². The predicted octanol–water partition coefficient (Wildman–Crippen LogP) is 2.91. The second-order valence-electron chi connectivity index (χ2n) is 5.50. The quantitative estimate of drug-likeness (QED) is 0.499. The third-order valence-electron chi connectivity index (χ3n) is 2.37. The Balaban J connectivity index is 3.08. The normalized spacial score (nSPS) is 11.9. The second-order valence-corrected chi connectivity index (χ2v) is 5.50. The average Bonchev–Trinajstić information content (AvgIpc) is 2.24. The molecule has 0 atom stereocenters. The molecule has 0 radical (unpaired) electrons. The summed E-state index contributed by atoms with van der Waals surface area (Å²) in [7, 11) is 0. The number of hydrogen-bond acceptors (Lipinski definition) is 2. The lowest BCUT2D eigenvalue weighted by molar-refractivity contribution is -0.137. The van der Waals surface area contributed by atoms with E-state index in [-0.39, 0.29) is 11.3 Å². The number of benzene rings is 1. The van der Waals surface area contributed by atoms with Gasteiger partial charge in [-0.3, -0.25) is 5.41 Å². The molecule has 0 spiro atoms. The monoisotopic (exact) mass is 302 g/mol. The van der Waals surface area contributed by atoms with Gasteiger partial charge in [-0.25, -0.2) is 4.79 Å². The van der Waals surface area contributed by atoms with Crippen LogP contribution >= 0.6 is 0 Å². The number of alkyl halides is 3. The van der Waals surface area contributed by atoms with E-state index in [0.29, 0.717) is 0 Å². The molecule has 1 aromatic carbocycles. The maximum atomic E-state index is 12.6. The van der Waals surface area contributed by atoms with E-state index >= 15 is 0 Å². The van der Waals surface area contributed by atoms with E-state index in [2.05, 4.69) is 10.6 Å². The average molecular weight is 302 g/mol. The summed E-state index contributed by atoms with van der Waals surface area (Å²) >= 11 is 0. The van der Waals surface area contributed by atoms with Crippen LogP contribution in [0.2, 0.25) is 0 Å². The molecule has 8 heteroatoms. The van der Waals surface area contributed by atoms with E-state index in [1.54, 1.807) is 20.8 Å². The summed E-state index contributed by atoms with van der Waals surface area (Å²) in [5, 5.41) is 12.3. The minimum absolute atomic E-state index is 0.0391. The highest BCUT2D eigenvalue weighted by Gasteiger charge is 2.31. The first-order valence-corrected chi connectivity index (χ1v) is 6.05. The van der Waals surface area contributed by atoms with Crippen molar-refractivity contribution in [2.24, 2.45) is 5.73 Å². The SMILES string of the molecule is CC(C)(C)NC(=O)Nc1ccc(C(F)(F)F)cc1C(=N)N. The lowest BCUT2D eigenvalue weighted by atomic mass is 10.1. The minimum atomic E-state index is -4.55. The van der Waals surface area contributed by atoms with Crippen LogP contribution in [-0.4, -0.2) is 17.4 Å². The molecule has 0 aliphatic heterocycles. The Hall–Kier alpha value is -2.25. The number of nitrogens with two attached hydrogens (primary N) is 1. The fourth-order valence-electron chi connectivity index (χ4n) is 1.55. The van der Waals surface area contributed by atoms with E-state index < -0.39 is 29.1 Å². The topological polar surface area (TPSA) is 91.0 Å². The van der Waals surface area contributed by atoms with E-state index in [1.807, 2.05) is 0 Å². The van der Waals surface area contributed by atoms with Crippen molar-refractivity contribution in [3.8, 4) is 0 Å². The molecule has 0 saturated heterocycles. The number of urea groups is 1. The van der Waals surface area contributed by atoms with Crippen LogP contribution in [0.4, 0.5) is 23.7 Å². The number of amidine groups is 1. The Bertz CT molecular complexity index is 562. The van der Waals surface area contributed by atoms with Gasteiger partial charge in [0.05, 0.1) is 11.3 Å². The second kappa shape index (κ2) is 5.63. The predicted molar refractivity (Wildman–Crippen MR) is 74.4 cm³/mol. The summed E-state index contributed by atoms with van der Waals surface area (Å²) < 4.78 is 37.9. The number of nitrogens with one attached hydrogen (secondary N) is 3. The van der Waals surface area contributed by atoms with E-state index in [1.165, 1.54) is 0 Å². The fraction of sp³-hybridized carbons (Fsp3) is 0.385. The van der Waals surface area contributed by atoms with Crippen molar-refractivity contribution in [3.63, 3.8) is 0 Å². The molecule has 0 aliphatic rings. The summed E-state index contributed by atoms with van der Waals surface area (Å²) in [6.45, 7) is 5.27. The van der Waals surface area contributed by atoms with Gasteiger partial charge in [-0.1, -0.05) is 0 Å². The van der Waals surface area contributed by atoms with Crippen LogP contribution < -0.4 is 16.4 Å². The number of amides is 2. The van der Waals surface area contributed by atoms with Crippen molar-refractivity contribution >= 4 is 17.6 Å². The molecule has 1 aromatic rings. The summed E-state index contributed by atoms with van der Waals surface area (Å²) in [5.74, 6) is -0.563. The molecule has 0 aliphatic carbocycles. The zero-order valence-electron chi connectivity index (χ0n) is 11.9. The molecular weight excluding hydrogens is 285 g/mol. The minimum Gasteiger partial charge on any atom is -0.384 e. The standard InChI is InChI=1S/C13H17F3N4O/c1-12(2,3)20-11(21)19-9-5-4-7(13(14,15)16)6-8(9)10(17)18/h4-6H,1-3H3,(H3,17,18)(H2,19,20,21). The molecule has 5 nitrogen and oxygen atoms in total. The van der Waals surface area contributed by atoms with Gasteiger partial charge in [0, 0.05) is 11.1 Å². The fourth-order valence-corrected chi connectivity index (χ4v) is 1.55. The van der Waals surface area contributed by atoms with Gasteiger partial charge in [-0.15, -0.1) is 0 Å². The van der Waals surface area contributed by atoms with Crippen LogP contribution in [0.1, 0.15) is 31.9 Å². The van der Waals surface area contributed by atoms with Crippen molar-refractivity contribution in [2.75, 3.05) is 5.32 Å². The Kier molecular flexibility index (Phi) is 4.50. The van der Waals surface area contributed by atoms with Gasteiger partial charge in [-0.2, -0.15) is 13.2 Å². The number of rotatable bonds is 2. The highest BCUT2D eigenvalue weighted by atomic mass is 19.4. The van der Waals surface area contributed by atoms with Crippen LogP contribution in [0.5, 0.6) is 0 Å². The molecule has 116 valence electrons. The smallest absolute Gasteiger partial charge is 0.384 e. The van der Waals surface area contributed by atoms with Gasteiger partial charge in [0.2, 0.25) is 0 Å². The first kappa shape index (κ1) is 16.8. The molecule has 0 fully saturated rings. The van der Waals surface area contributed by atoms with Crippen molar-refractivity contribution in [3.05, 3.63) is 29.3 Å². The summed E-state index contributed by atoms with van der Waals surface area (Å²) in [6, 6.07) is 2.03. The van der Waals surface area contributed by atoms with Crippen molar-refractivity contribution in [1.82, 2.24) is 5.32 Å². The molecule has 0 unspecified atom stereocenters. The molecule has 0 heterocycles. The van der Waals surface area contributed by atoms with Gasteiger partial charge in [-0.05, 0) is 39.0 Å². The number of nitrogen functional groups attached to an aromatic ring is 1. The highest BCUT2D eigenvalue weighted by molar-refractivity contribution is 6.04. The Morgan fingerprint density at radius 1 is 1.24 bits per heavy atom. The van der Waals surface area contributed by atoms with Gasteiger partial charge in [0.25, 0.3) is 0 Å². The number of hydrogen-bond donors (Lipinski definition) is 4. The number of halogens is 3. The third kappa shape index (κ3) is 4.97. The van der Waals surface area contributed by atoms with Crippen LogP contribution in [0.3, 0.4) is 0 Å². The highest BCUT2D eigenvalue weighted by Crippen LogP contribution is 2.31. The summed E-state index contributed by atoms with van der Waals surface area (Å²) in [6.07, 6.45) is -4.55. The Morgan fingerprint density at radius 2 is 1.81 bits per heavy atom. The van der Waals surface area contributed by atoms with Gasteiger partial charge >= 0.3 is 12.2 Å². The van der Waals surface area contributed by atoms with Crippen molar-refractivity contribution in [2.45, 2.75) is 32.5 Å². The molecule has 0 saturated carbocycles. The van der Waals surface area contributed by atoms with Crippen LogP contribution in [-0.2, 0) is 6.18 Å². The number of anilines is 1. The maximum absolute atomic E-state index is 12.6. The first-order chi connectivity index (χ1) is 9.40. The van der Waals surface area contributed by atoms with Crippen LogP contribution in [0.25, 0.3) is 0 Å². The van der Waals surface area contributed by atoms with Gasteiger partial charge < -0.3 is 16.4 Å². The van der Waals surface area contributed by atoms with Gasteiger partial charge in [0.15, 0.2) is 0 Å². The molecule has 5 N–H and O–H groups in total. The first-order valence-electron chi connectivity index (χ1n) is 6.05. The van der Waals surface area contributed by atoms with E-state index in [4.69, 9.17) is 11.1 Å². The zero-order valence-corrected chi connectivity index (χ0v) is 11.9. The molecule has 21 heavy (non-hydrogen) atoms. The van der Waals surface area contributed by atoms with Crippen LogP contribution in [0, 0.1) is 5.41 Å². The van der Waals surface area contributed by atoms with Crippen LogP contribution in [0.15, 0.2) is 18.2 Å². The molecule has 2 amide bonds. The Labute approximate surface area is 120 Å². The number of carbonyl (C=O) groups excluding carboxylic acids is 1. The third-order valence-corrected chi connectivity index (χ3v) is 2.37. The van der Waals surface area contributed by atoms with E-state index in [9.17, 15) is 18.0 Å². The summed E-state index contributed by atoms with van der Waals surface area (Å²) in [5.41, 5.74) is 3.68. The van der Waals surface area contributed by atoms with Crippen molar-refractivity contribution in [1.29, 1.82) is 5.41 Å². The molecule has 1 rings (SSSR count). The Morgan fingerprint density at radius 3 is 2.24 bits per heavy atom. The molecular formula is C13H17F3N4O. The lowest BCUT2D eigenvalue weighted by Crippen LogP contribution is -2.43. The maximum Gasteiger partial charge on any atom is 0.416 e. The molecule has 0 aromatic heterocycles.